The fourth-order valence-electron chi connectivity index (χ4n) is 3.24. The van der Waals surface area contributed by atoms with Crippen molar-refractivity contribution in [3.05, 3.63) is 68.3 Å². The van der Waals surface area contributed by atoms with Gasteiger partial charge in [-0.05, 0) is 37.1 Å². The van der Waals surface area contributed by atoms with Crippen molar-refractivity contribution >= 4 is 38.7 Å². The summed E-state index contributed by atoms with van der Waals surface area (Å²) in [5.74, 6) is -1.06. The molecule has 9 nitrogen and oxygen atoms in total. The molecule has 0 saturated heterocycles. The molecule has 34 heavy (non-hydrogen) atoms. The predicted octanol–water partition coefficient (Wildman–Crippen LogP) is 3.16. The SMILES string of the molecule is Cc1c(Cc2cccc(S(=O)(=O)NC(C)O)c2F)c(=O)oc2cc(OC(=O)N(C)C)c(Cl)cc12. The maximum absolute atomic E-state index is 15.1. The highest BCUT2D eigenvalue weighted by Crippen LogP contribution is 2.33. The minimum Gasteiger partial charge on any atom is -0.422 e. The zero-order valence-electron chi connectivity index (χ0n) is 18.7. The van der Waals surface area contributed by atoms with E-state index in [1.807, 2.05) is 4.72 Å². The van der Waals surface area contributed by atoms with Crippen LogP contribution in [-0.4, -0.2) is 44.8 Å². The number of sulfonamides is 1. The van der Waals surface area contributed by atoms with Crippen molar-refractivity contribution in [1.29, 1.82) is 0 Å². The van der Waals surface area contributed by atoms with Crippen molar-refractivity contribution in [2.24, 2.45) is 0 Å². The molecule has 1 aromatic heterocycles. The van der Waals surface area contributed by atoms with E-state index >= 15 is 4.39 Å². The van der Waals surface area contributed by atoms with Crippen LogP contribution in [0.3, 0.4) is 0 Å². The first-order valence-corrected chi connectivity index (χ1v) is 11.8. The van der Waals surface area contributed by atoms with Gasteiger partial charge < -0.3 is 19.2 Å². The van der Waals surface area contributed by atoms with Gasteiger partial charge in [0.2, 0.25) is 10.0 Å². The Morgan fingerprint density at radius 1 is 1.32 bits per heavy atom. The zero-order valence-corrected chi connectivity index (χ0v) is 20.3. The molecule has 1 amide bonds. The van der Waals surface area contributed by atoms with Crippen LogP contribution in [0, 0.1) is 12.7 Å². The second-order valence-electron chi connectivity index (χ2n) is 7.74. The van der Waals surface area contributed by atoms with Crippen molar-refractivity contribution in [2.75, 3.05) is 14.1 Å². The van der Waals surface area contributed by atoms with E-state index in [0.717, 1.165) is 6.07 Å². The molecule has 3 aromatic rings. The van der Waals surface area contributed by atoms with E-state index in [9.17, 15) is 23.1 Å². The first kappa shape index (κ1) is 25.6. The Hall–Kier alpha value is -2.99. The van der Waals surface area contributed by atoms with E-state index in [1.165, 1.54) is 50.2 Å². The van der Waals surface area contributed by atoms with Gasteiger partial charge in [0.1, 0.15) is 22.5 Å². The summed E-state index contributed by atoms with van der Waals surface area (Å²) in [6.07, 6.45) is -2.36. The third kappa shape index (κ3) is 5.22. The van der Waals surface area contributed by atoms with Crippen molar-refractivity contribution in [1.82, 2.24) is 9.62 Å². The normalized spacial score (nSPS) is 12.6. The van der Waals surface area contributed by atoms with Crippen LogP contribution in [0.2, 0.25) is 5.02 Å². The Morgan fingerprint density at radius 2 is 2.00 bits per heavy atom. The number of aliphatic hydroxyl groups excluding tert-OH is 1. The van der Waals surface area contributed by atoms with Gasteiger partial charge in [-0.3, -0.25) is 0 Å². The van der Waals surface area contributed by atoms with Gasteiger partial charge in [0.15, 0.2) is 5.75 Å². The Morgan fingerprint density at radius 3 is 2.62 bits per heavy atom. The van der Waals surface area contributed by atoms with Gasteiger partial charge in [-0.1, -0.05) is 23.7 Å². The minimum atomic E-state index is -4.33. The van der Waals surface area contributed by atoms with Crippen molar-refractivity contribution < 1.29 is 31.9 Å². The quantitative estimate of drug-likeness (QED) is 0.383. The van der Waals surface area contributed by atoms with Crippen LogP contribution in [0.4, 0.5) is 9.18 Å². The lowest BCUT2D eigenvalue weighted by Gasteiger charge is -2.14. The molecule has 1 heterocycles. The van der Waals surface area contributed by atoms with Crippen LogP contribution in [0.25, 0.3) is 11.0 Å². The molecule has 2 aromatic carbocycles. The molecule has 3 rings (SSSR count). The van der Waals surface area contributed by atoms with E-state index < -0.39 is 38.7 Å². The number of nitrogens with zero attached hydrogens (tertiary/aromatic N) is 1. The van der Waals surface area contributed by atoms with Crippen LogP contribution in [0.5, 0.6) is 5.75 Å². The molecule has 1 unspecified atom stereocenters. The number of carbonyl (C=O) groups excluding carboxylic acids is 1. The van der Waals surface area contributed by atoms with Crippen molar-refractivity contribution in [2.45, 2.75) is 31.4 Å². The van der Waals surface area contributed by atoms with E-state index in [4.69, 9.17) is 20.8 Å². The van der Waals surface area contributed by atoms with Crippen molar-refractivity contribution in [3.8, 4) is 5.75 Å². The van der Waals surface area contributed by atoms with E-state index in [-0.39, 0.29) is 33.9 Å². The Kier molecular flexibility index (Phi) is 7.32. The molecule has 0 radical (unpaired) electrons. The number of nitrogens with one attached hydrogen (secondary N) is 1. The van der Waals surface area contributed by atoms with Crippen molar-refractivity contribution in [3.63, 3.8) is 0 Å². The number of amides is 1. The predicted molar refractivity (Wildman–Crippen MR) is 123 cm³/mol. The minimum absolute atomic E-state index is 0.00210. The summed E-state index contributed by atoms with van der Waals surface area (Å²) in [6.45, 7) is 2.80. The summed E-state index contributed by atoms with van der Waals surface area (Å²) in [5, 5.41) is 9.85. The van der Waals surface area contributed by atoms with Crippen LogP contribution in [0.1, 0.15) is 23.6 Å². The van der Waals surface area contributed by atoms with E-state index in [2.05, 4.69) is 0 Å². The third-order valence-corrected chi connectivity index (χ3v) is 6.77. The molecule has 1 atom stereocenters. The monoisotopic (exact) mass is 512 g/mol. The number of hydrogen-bond acceptors (Lipinski definition) is 7. The lowest BCUT2D eigenvalue weighted by Crippen LogP contribution is -2.32. The molecule has 0 aliphatic heterocycles. The summed E-state index contributed by atoms with van der Waals surface area (Å²) in [7, 11) is -1.34. The Balaban J connectivity index is 2.06. The molecule has 0 fully saturated rings. The maximum Gasteiger partial charge on any atom is 0.414 e. The van der Waals surface area contributed by atoms with Crippen LogP contribution >= 0.6 is 11.6 Å². The first-order chi connectivity index (χ1) is 15.8. The molecule has 12 heteroatoms. The van der Waals surface area contributed by atoms with E-state index in [0.29, 0.717) is 10.9 Å². The highest BCUT2D eigenvalue weighted by Gasteiger charge is 2.24. The first-order valence-electron chi connectivity index (χ1n) is 9.94. The fraction of sp³-hybridized carbons (Fsp3) is 0.273. The Bertz CT molecular complexity index is 1440. The van der Waals surface area contributed by atoms with Gasteiger partial charge >= 0.3 is 11.7 Å². The molecular formula is C22H22ClFN2O7S. The van der Waals surface area contributed by atoms with Gasteiger partial charge in [-0.2, -0.15) is 4.72 Å². The number of aliphatic hydroxyl groups is 1. The standard InChI is InChI=1S/C22H22ClFN2O7S/c1-11-14-9-16(23)18(33-22(29)26(3)4)10-17(14)32-21(28)15(11)8-13-6-5-7-19(20(13)24)34(30,31)25-12(2)27/h5-7,9-10,12,25,27H,8H2,1-4H3. The third-order valence-electron chi connectivity index (χ3n) is 4.93. The number of benzene rings is 2. The van der Waals surface area contributed by atoms with Gasteiger partial charge in [-0.25, -0.2) is 22.4 Å². The average Bonchev–Trinajstić information content (AvgIpc) is 2.72. The highest BCUT2D eigenvalue weighted by molar-refractivity contribution is 7.89. The van der Waals surface area contributed by atoms with Gasteiger partial charge in [0.05, 0.1) is 5.02 Å². The second kappa shape index (κ2) is 9.71. The summed E-state index contributed by atoms with van der Waals surface area (Å²) in [4.78, 5) is 25.1. The average molecular weight is 513 g/mol. The van der Waals surface area contributed by atoms with E-state index in [1.54, 1.807) is 6.92 Å². The van der Waals surface area contributed by atoms with Crippen LogP contribution < -0.4 is 15.1 Å². The molecule has 0 bridgehead atoms. The number of hydrogen-bond donors (Lipinski definition) is 2. The summed E-state index contributed by atoms with van der Waals surface area (Å²) < 4.78 is 52.2. The largest absolute Gasteiger partial charge is 0.422 e. The zero-order chi connectivity index (χ0) is 25.4. The Labute approximate surface area is 199 Å². The van der Waals surface area contributed by atoms with Gasteiger partial charge in [0.25, 0.3) is 0 Å². The second-order valence-corrected chi connectivity index (χ2v) is 9.83. The summed E-state index contributed by atoms with van der Waals surface area (Å²) in [6, 6.07) is 6.49. The molecule has 2 N–H and O–H groups in total. The fourth-order valence-corrected chi connectivity index (χ4v) is 4.64. The number of halogens is 2. The molecule has 182 valence electrons. The number of rotatable bonds is 6. The molecule has 0 aliphatic carbocycles. The smallest absolute Gasteiger partial charge is 0.414 e. The molecular weight excluding hydrogens is 491 g/mol. The van der Waals surface area contributed by atoms with Crippen LogP contribution in [-0.2, 0) is 16.4 Å². The number of aryl methyl sites for hydroxylation is 1. The number of fused-ring (bicyclic) bond motifs is 1. The summed E-state index contributed by atoms with van der Waals surface area (Å²) >= 11 is 6.24. The highest BCUT2D eigenvalue weighted by atomic mass is 35.5. The molecule has 0 spiro atoms. The molecule has 0 aliphatic rings. The van der Waals surface area contributed by atoms with Gasteiger partial charge in [0, 0.05) is 37.5 Å². The molecule has 0 saturated carbocycles. The topological polar surface area (TPSA) is 126 Å². The lowest BCUT2D eigenvalue weighted by molar-refractivity contribution is 0.172. The lowest BCUT2D eigenvalue weighted by atomic mass is 9.99. The number of ether oxygens (including phenoxy) is 1. The van der Waals surface area contributed by atoms with Gasteiger partial charge in [-0.15, -0.1) is 0 Å². The maximum atomic E-state index is 15.1. The summed E-state index contributed by atoms with van der Waals surface area (Å²) in [5.41, 5.74) is -0.195. The van der Waals surface area contributed by atoms with Crippen LogP contribution in [0.15, 0.2) is 44.4 Å². The number of carbonyl (C=O) groups is 1.